The number of hydrogen-bond acceptors (Lipinski definition) is 2. The lowest BCUT2D eigenvalue weighted by atomic mass is 10.2. The zero-order chi connectivity index (χ0) is 14.0. The van der Waals surface area contributed by atoms with Crippen molar-refractivity contribution in [1.82, 2.24) is 0 Å². The van der Waals surface area contributed by atoms with Crippen molar-refractivity contribution in [3.8, 4) is 5.75 Å². The molecule has 0 fully saturated rings. The third-order valence-electron chi connectivity index (χ3n) is 2.35. The number of anilines is 1. The highest BCUT2D eigenvalue weighted by molar-refractivity contribution is 9.11. The van der Waals surface area contributed by atoms with Gasteiger partial charge in [0.2, 0.25) is 0 Å². The van der Waals surface area contributed by atoms with Crippen LogP contribution in [0.1, 0.15) is 10.4 Å². The number of carbonyl (C=O) groups is 1. The van der Waals surface area contributed by atoms with E-state index in [1.807, 2.05) is 12.1 Å². The summed E-state index contributed by atoms with van der Waals surface area (Å²) in [6, 6.07) is 9.86. The van der Waals surface area contributed by atoms with E-state index in [2.05, 4.69) is 53.1 Å². The second kappa shape index (κ2) is 6.07. The molecule has 6 heteroatoms. The second-order valence-corrected chi connectivity index (χ2v) is 6.37. The lowest BCUT2D eigenvalue weighted by molar-refractivity contribution is 0.102. The van der Waals surface area contributed by atoms with Crippen LogP contribution < -0.4 is 5.32 Å². The van der Waals surface area contributed by atoms with Crippen molar-refractivity contribution >= 4 is 59.4 Å². The molecular formula is C13H8Br3NO2. The minimum absolute atomic E-state index is 0.0570. The Bertz CT molecular complexity index is 621. The molecule has 2 N–H and O–H groups in total. The third-order valence-corrected chi connectivity index (χ3v) is 4.06. The highest BCUT2D eigenvalue weighted by Gasteiger charge is 2.12. The van der Waals surface area contributed by atoms with Gasteiger partial charge in [0.25, 0.3) is 5.91 Å². The van der Waals surface area contributed by atoms with Crippen LogP contribution in [-0.2, 0) is 0 Å². The highest BCUT2D eigenvalue weighted by atomic mass is 79.9. The van der Waals surface area contributed by atoms with E-state index in [4.69, 9.17) is 0 Å². The smallest absolute Gasteiger partial charge is 0.255 e. The van der Waals surface area contributed by atoms with Gasteiger partial charge in [0.1, 0.15) is 5.75 Å². The quantitative estimate of drug-likeness (QED) is 0.682. The largest absolute Gasteiger partial charge is 0.508 e. The molecule has 0 unspecified atom stereocenters. The SMILES string of the molecule is O=C(Nc1c(Br)cc(Br)cc1Br)c1cccc(O)c1. The fourth-order valence-electron chi connectivity index (χ4n) is 1.49. The van der Waals surface area contributed by atoms with E-state index in [0.29, 0.717) is 11.3 Å². The standard InChI is InChI=1S/C13H8Br3NO2/c14-8-5-10(15)12(11(16)6-8)17-13(19)7-2-1-3-9(18)4-7/h1-6,18H,(H,17,19). The monoisotopic (exact) mass is 447 g/mol. The number of phenolic OH excluding ortho intramolecular Hbond substituents is 1. The molecule has 3 nitrogen and oxygen atoms in total. The molecule has 0 saturated carbocycles. The van der Waals surface area contributed by atoms with Crippen LogP contribution in [0.5, 0.6) is 5.75 Å². The van der Waals surface area contributed by atoms with E-state index in [0.717, 1.165) is 13.4 Å². The lowest BCUT2D eigenvalue weighted by Crippen LogP contribution is -2.12. The van der Waals surface area contributed by atoms with Crippen LogP contribution in [0.2, 0.25) is 0 Å². The van der Waals surface area contributed by atoms with Gasteiger partial charge in [-0.15, -0.1) is 0 Å². The van der Waals surface area contributed by atoms with Gasteiger partial charge in [0.05, 0.1) is 5.69 Å². The Morgan fingerprint density at radius 3 is 2.26 bits per heavy atom. The summed E-state index contributed by atoms with van der Waals surface area (Å²) in [6.07, 6.45) is 0. The summed E-state index contributed by atoms with van der Waals surface area (Å²) in [7, 11) is 0. The maximum atomic E-state index is 12.1. The molecule has 0 aliphatic carbocycles. The maximum absolute atomic E-state index is 12.1. The summed E-state index contributed by atoms with van der Waals surface area (Å²) in [4.78, 5) is 12.1. The zero-order valence-corrected chi connectivity index (χ0v) is 14.2. The Kier molecular flexibility index (Phi) is 4.65. The van der Waals surface area contributed by atoms with Crippen molar-refractivity contribution in [3.05, 3.63) is 55.4 Å². The van der Waals surface area contributed by atoms with Gasteiger partial charge in [-0.2, -0.15) is 0 Å². The summed E-state index contributed by atoms with van der Waals surface area (Å²) < 4.78 is 2.39. The van der Waals surface area contributed by atoms with Crippen molar-refractivity contribution in [1.29, 1.82) is 0 Å². The van der Waals surface area contributed by atoms with Crippen molar-refractivity contribution in [2.24, 2.45) is 0 Å². The Hall–Kier alpha value is -0.850. The normalized spacial score (nSPS) is 10.3. The second-order valence-electron chi connectivity index (χ2n) is 3.75. The number of aromatic hydroxyl groups is 1. The molecule has 98 valence electrons. The van der Waals surface area contributed by atoms with Gasteiger partial charge < -0.3 is 10.4 Å². The predicted molar refractivity (Wildman–Crippen MR) is 85.6 cm³/mol. The van der Waals surface area contributed by atoms with E-state index in [9.17, 15) is 9.90 Å². The molecule has 0 aliphatic heterocycles. The molecular weight excluding hydrogens is 442 g/mol. The number of hydrogen-bond donors (Lipinski definition) is 2. The van der Waals surface area contributed by atoms with Gasteiger partial charge in [0.15, 0.2) is 0 Å². The van der Waals surface area contributed by atoms with Gasteiger partial charge in [0, 0.05) is 19.0 Å². The number of phenols is 1. The Morgan fingerprint density at radius 2 is 1.68 bits per heavy atom. The topological polar surface area (TPSA) is 49.3 Å². The third kappa shape index (κ3) is 3.58. The predicted octanol–water partition coefficient (Wildman–Crippen LogP) is 4.93. The van der Waals surface area contributed by atoms with Crippen LogP contribution >= 0.6 is 47.8 Å². The minimum Gasteiger partial charge on any atom is -0.508 e. The first-order chi connectivity index (χ1) is 8.97. The van der Waals surface area contributed by atoms with E-state index >= 15 is 0 Å². The summed E-state index contributed by atoms with van der Waals surface area (Å²) in [5.74, 6) is -0.235. The van der Waals surface area contributed by atoms with Crippen LogP contribution in [0.15, 0.2) is 49.8 Å². The number of carbonyl (C=O) groups excluding carboxylic acids is 1. The number of rotatable bonds is 2. The van der Waals surface area contributed by atoms with E-state index in [1.54, 1.807) is 12.1 Å². The summed E-state index contributed by atoms with van der Waals surface area (Å²) in [6.45, 7) is 0. The van der Waals surface area contributed by atoms with Gasteiger partial charge in [-0.3, -0.25) is 4.79 Å². The first-order valence-electron chi connectivity index (χ1n) is 5.22. The minimum atomic E-state index is -0.292. The lowest BCUT2D eigenvalue weighted by Gasteiger charge is -2.10. The van der Waals surface area contributed by atoms with Crippen LogP contribution in [-0.4, -0.2) is 11.0 Å². The number of halogens is 3. The molecule has 1 amide bonds. The van der Waals surface area contributed by atoms with Crippen LogP contribution in [0.3, 0.4) is 0 Å². The molecule has 0 spiro atoms. The molecule has 2 rings (SSSR count). The zero-order valence-electron chi connectivity index (χ0n) is 9.45. The molecule has 2 aromatic carbocycles. The molecule has 0 heterocycles. The number of nitrogens with one attached hydrogen (secondary N) is 1. The van der Waals surface area contributed by atoms with Crippen molar-refractivity contribution in [3.63, 3.8) is 0 Å². The average Bonchev–Trinajstić information content (AvgIpc) is 2.33. The molecule has 0 radical (unpaired) electrons. The highest BCUT2D eigenvalue weighted by Crippen LogP contribution is 2.34. The maximum Gasteiger partial charge on any atom is 0.255 e. The summed E-state index contributed by atoms with van der Waals surface area (Å²) in [5, 5.41) is 12.2. The summed E-state index contributed by atoms with van der Waals surface area (Å²) >= 11 is 10.1. The van der Waals surface area contributed by atoms with Crippen LogP contribution in [0.4, 0.5) is 5.69 Å². The molecule has 0 saturated heterocycles. The first kappa shape index (κ1) is 14.6. The van der Waals surface area contributed by atoms with Gasteiger partial charge in [-0.1, -0.05) is 22.0 Å². The molecule has 0 bridgehead atoms. The fraction of sp³-hybridized carbons (Fsp3) is 0. The number of amides is 1. The Labute approximate surface area is 135 Å². The Morgan fingerprint density at radius 1 is 1.05 bits per heavy atom. The first-order valence-corrected chi connectivity index (χ1v) is 7.60. The fourth-order valence-corrected chi connectivity index (χ4v) is 3.95. The van der Waals surface area contributed by atoms with Crippen molar-refractivity contribution < 1.29 is 9.90 Å². The van der Waals surface area contributed by atoms with Gasteiger partial charge in [-0.25, -0.2) is 0 Å². The molecule has 0 aromatic heterocycles. The van der Waals surface area contributed by atoms with E-state index in [-0.39, 0.29) is 11.7 Å². The molecule has 2 aromatic rings. The molecule has 0 atom stereocenters. The van der Waals surface area contributed by atoms with Crippen LogP contribution in [0, 0.1) is 0 Å². The van der Waals surface area contributed by atoms with Crippen LogP contribution in [0.25, 0.3) is 0 Å². The van der Waals surface area contributed by atoms with E-state index < -0.39 is 0 Å². The average molecular weight is 450 g/mol. The summed E-state index contributed by atoms with van der Waals surface area (Å²) in [5.41, 5.74) is 1.03. The van der Waals surface area contributed by atoms with Gasteiger partial charge in [-0.05, 0) is 62.2 Å². The van der Waals surface area contributed by atoms with E-state index in [1.165, 1.54) is 12.1 Å². The number of benzene rings is 2. The van der Waals surface area contributed by atoms with Gasteiger partial charge >= 0.3 is 0 Å². The van der Waals surface area contributed by atoms with Crippen molar-refractivity contribution in [2.45, 2.75) is 0 Å². The molecule has 19 heavy (non-hydrogen) atoms. The van der Waals surface area contributed by atoms with Crippen molar-refractivity contribution in [2.75, 3.05) is 5.32 Å². The Balaban J connectivity index is 2.29. The molecule has 0 aliphatic rings.